The maximum atomic E-state index is 13.2. The summed E-state index contributed by atoms with van der Waals surface area (Å²) in [6, 6.07) is 13.2. The van der Waals surface area contributed by atoms with Crippen LogP contribution in [0.1, 0.15) is 43.5 Å². The first-order chi connectivity index (χ1) is 15.1. The normalized spacial score (nSPS) is 21.3. The molecule has 1 aliphatic carbocycles. The van der Waals surface area contributed by atoms with Gasteiger partial charge in [0.1, 0.15) is 5.69 Å². The van der Waals surface area contributed by atoms with Gasteiger partial charge in [0.25, 0.3) is 5.89 Å². The highest BCUT2D eigenvalue weighted by Gasteiger charge is 2.45. The number of pyridine rings is 1. The molecule has 1 saturated carbocycles. The molecule has 6 nitrogen and oxygen atoms in total. The lowest BCUT2D eigenvalue weighted by molar-refractivity contribution is -0.133. The molecule has 1 amide bonds. The van der Waals surface area contributed by atoms with Crippen molar-refractivity contribution in [3.05, 3.63) is 65.1 Å². The largest absolute Gasteiger partial charge is 0.341 e. The highest BCUT2D eigenvalue weighted by atomic mass is 35.5. The van der Waals surface area contributed by atoms with Crippen LogP contribution in [0.3, 0.4) is 0 Å². The Kier molecular flexibility index (Phi) is 5.48. The van der Waals surface area contributed by atoms with Crippen molar-refractivity contribution in [2.45, 2.75) is 43.9 Å². The SMILES string of the molecule is O=C(Cc1ccccc1Cl)N1CCCC(CC2CC2)(c2noc(-c3ccccn3)n2)C1. The van der Waals surface area contributed by atoms with Gasteiger partial charge in [-0.1, -0.05) is 53.9 Å². The molecule has 1 unspecified atom stereocenters. The summed E-state index contributed by atoms with van der Waals surface area (Å²) in [6.45, 7) is 1.37. The molecular weight excluding hydrogens is 412 g/mol. The van der Waals surface area contributed by atoms with E-state index in [1.807, 2.05) is 47.4 Å². The average Bonchev–Trinajstić information content (AvgIpc) is 3.46. The molecule has 0 spiro atoms. The molecule has 3 heterocycles. The second kappa shape index (κ2) is 8.42. The summed E-state index contributed by atoms with van der Waals surface area (Å²) < 4.78 is 5.59. The van der Waals surface area contributed by atoms with Crippen LogP contribution in [0, 0.1) is 5.92 Å². The molecule has 1 aliphatic heterocycles. The van der Waals surface area contributed by atoms with E-state index < -0.39 is 0 Å². The Balaban J connectivity index is 1.40. The van der Waals surface area contributed by atoms with Gasteiger partial charge < -0.3 is 9.42 Å². The first-order valence-corrected chi connectivity index (χ1v) is 11.3. The molecule has 2 aliphatic rings. The Bertz CT molecular complexity index is 1070. The molecule has 0 N–H and O–H groups in total. The predicted molar refractivity (Wildman–Crippen MR) is 118 cm³/mol. The Morgan fingerprint density at radius 3 is 2.81 bits per heavy atom. The van der Waals surface area contributed by atoms with E-state index in [9.17, 15) is 4.79 Å². The van der Waals surface area contributed by atoms with Gasteiger partial charge in [-0.15, -0.1) is 0 Å². The molecule has 1 saturated heterocycles. The summed E-state index contributed by atoms with van der Waals surface area (Å²) in [7, 11) is 0. The quantitative estimate of drug-likeness (QED) is 0.560. The van der Waals surface area contributed by atoms with Crippen molar-refractivity contribution in [1.29, 1.82) is 0 Å². The van der Waals surface area contributed by atoms with Crippen molar-refractivity contribution in [1.82, 2.24) is 20.0 Å². The zero-order chi connectivity index (χ0) is 21.3. The van der Waals surface area contributed by atoms with Gasteiger partial charge in [0.2, 0.25) is 5.91 Å². The molecule has 7 heteroatoms. The molecule has 2 aromatic heterocycles. The summed E-state index contributed by atoms with van der Waals surface area (Å²) in [5.41, 5.74) is 1.27. The number of nitrogens with zero attached hydrogens (tertiary/aromatic N) is 4. The fourth-order valence-electron chi connectivity index (χ4n) is 4.61. The van der Waals surface area contributed by atoms with E-state index in [2.05, 4.69) is 10.1 Å². The molecular formula is C24H25ClN4O2. The first kappa shape index (κ1) is 20.2. The second-order valence-electron chi connectivity index (χ2n) is 8.75. The number of halogens is 1. The van der Waals surface area contributed by atoms with Crippen LogP contribution < -0.4 is 0 Å². The van der Waals surface area contributed by atoms with Gasteiger partial charge in [0.05, 0.1) is 11.8 Å². The van der Waals surface area contributed by atoms with Crippen molar-refractivity contribution in [3.8, 4) is 11.6 Å². The lowest BCUT2D eigenvalue weighted by Gasteiger charge is -2.41. The van der Waals surface area contributed by atoms with E-state index in [0.717, 1.165) is 31.4 Å². The van der Waals surface area contributed by atoms with Crippen molar-refractivity contribution < 1.29 is 9.32 Å². The Morgan fingerprint density at radius 1 is 1.19 bits per heavy atom. The third kappa shape index (κ3) is 4.35. The number of aromatic nitrogens is 3. The van der Waals surface area contributed by atoms with E-state index in [1.54, 1.807) is 6.20 Å². The monoisotopic (exact) mass is 436 g/mol. The fraction of sp³-hybridized carbons (Fsp3) is 0.417. The fourth-order valence-corrected chi connectivity index (χ4v) is 4.81. The standard InChI is InChI=1S/C24H25ClN4O2/c25-19-7-2-1-6-18(19)14-21(30)29-13-5-11-24(16-29,15-17-9-10-17)23-27-22(31-28-23)20-8-3-4-12-26-20/h1-4,6-8,12,17H,5,9-11,13-16H2. The van der Waals surface area contributed by atoms with Gasteiger partial charge in [-0.05, 0) is 48.9 Å². The minimum Gasteiger partial charge on any atom is -0.341 e. The summed E-state index contributed by atoms with van der Waals surface area (Å²) in [4.78, 5) is 24.2. The number of hydrogen-bond acceptors (Lipinski definition) is 5. The Hall–Kier alpha value is -2.73. The van der Waals surface area contributed by atoms with Crippen LogP contribution in [0.25, 0.3) is 11.6 Å². The number of hydrogen-bond donors (Lipinski definition) is 0. The first-order valence-electron chi connectivity index (χ1n) is 10.9. The number of amides is 1. The summed E-state index contributed by atoms with van der Waals surface area (Å²) >= 11 is 6.29. The lowest BCUT2D eigenvalue weighted by Crippen LogP contribution is -2.49. The van der Waals surface area contributed by atoms with Crippen molar-refractivity contribution in [2.24, 2.45) is 5.92 Å². The van der Waals surface area contributed by atoms with Gasteiger partial charge in [0.15, 0.2) is 5.82 Å². The van der Waals surface area contributed by atoms with Crippen LogP contribution in [0.5, 0.6) is 0 Å². The van der Waals surface area contributed by atoms with E-state index in [0.29, 0.717) is 41.3 Å². The smallest absolute Gasteiger partial charge is 0.276 e. The van der Waals surface area contributed by atoms with Crippen LogP contribution in [0.15, 0.2) is 53.2 Å². The topological polar surface area (TPSA) is 72.1 Å². The highest BCUT2D eigenvalue weighted by Crippen LogP contribution is 2.46. The molecule has 0 bridgehead atoms. The van der Waals surface area contributed by atoms with Gasteiger partial charge in [-0.2, -0.15) is 4.98 Å². The van der Waals surface area contributed by atoms with Crippen molar-refractivity contribution in [2.75, 3.05) is 13.1 Å². The average molecular weight is 437 g/mol. The van der Waals surface area contributed by atoms with Crippen LogP contribution in [0.4, 0.5) is 0 Å². The van der Waals surface area contributed by atoms with Crippen LogP contribution in [0.2, 0.25) is 5.02 Å². The number of carbonyl (C=O) groups is 1. The molecule has 2 fully saturated rings. The van der Waals surface area contributed by atoms with Gasteiger partial charge in [0, 0.05) is 24.3 Å². The predicted octanol–water partition coefficient (Wildman–Crippen LogP) is 4.69. The molecule has 1 atom stereocenters. The van der Waals surface area contributed by atoms with Crippen LogP contribution in [-0.4, -0.2) is 39.0 Å². The number of rotatable bonds is 6. The molecule has 160 valence electrons. The lowest BCUT2D eigenvalue weighted by atomic mass is 9.74. The molecule has 1 aromatic carbocycles. The van der Waals surface area contributed by atoms with E-state index in [4.69, 9.17) is 21.1 Å². The van der Waals surface area contributed by atoms with Crippen molar-refractivity contribution >= 4 is 17.5 Å². The van der Waals surface area contributed by atoms with Crippen molar-refractivity contribution in [3.63, 3.8) is 0 Å². The minimum absolute atomic E-state index is 0.0985. The Labute approximate surface area is 186 Å². The number of carbonyl (C=O) groups excluding carboxylic acids is 1. The third-order valence-electron chi connectivity index (χ3n) is 6.39. The molecule has 5 rings (SSSR count). The highest BCUT2D eigenvalue weighted by molar-refractivity contribution is 6.31. The van der Waals surface area contributed by atoms with Gasteiger partial charge >= 0.3 is 0 Å². The molecule has 0 radical (unpaired) electrons. The van der Waals surface area contributed by atoms with Crippen LogP contribution >= 0.6 is 11.6 Å². The van der Waals surface area contributed by atoms with Gasteiger partial charge in [-0.25, -0.2) is 0 Å². The number of likely N-dealkylation sites (tertiary alicyclic amines) is 1. The molecule has 31 heavy (non-hydrogen) atoms. The van der Waals surface area contributed by atoms with Gasteiger partial charge in [-0.3, -0.25) is 9.78 Å². The maximum absolute atomic E-state index is 13.2. The third-order valence-corrected chi connectivity index (χ3v) is 6.76. The van der Waals surface area contributed by atoms with E-state index in [1.165, 1.54) is 12.8 Å². The van der Waals surface area contributed by atoms with E-state index >= 15 is 0 Å². The van der Waals surface area contributed by atoms with Crippen LogP contribution in [-0.2, 0) is 16.6 Å². The minimum atomic E-state index is -0.272. The van der Waals surface area contributed by atoms with E-state index in [-0.39, 0.29) is 11.3 Å². The molecule has 3 aromatic rings. The second-order valence-corrected chi connectivity index (χ2v) is 9.16. The summed E-state index contributed by atoms with van der Waals surface area (Å²) in [6.07, 6.45) is 7.37. The Morgan fingerprint density at radius 2 is 2.03 bits per heavy atom. The summed E-state index contributed by atoms with van der Waals surface area (Å²) in [5.74, 6) is 1.91. The maximum Gasteiger partial charge on any atom is 0.276 e. The zero-order valence-electron chi connectivity index (χ0n) is 17.3. The zero-order valence-corrected chi connectivity index (χ0v) is 18.1. The number of piperidine rings is 1. The number of benzene rings is 1. The summed E-state index contributed by atoms with van der Waals surface area (Å²) in [5, 5.41) is 5.01.